The van der Waals surface area contributed by atoms with E-state index in [1.54, 1.807) is 0 Å². The second-order valence-corrected chi connectivity index (χ2v) is 26.2. The highest BCUT2D eigenvalue weighted by atomic mass is 28.4. The molecule has 0 atom stereocenters. The fraction of sp³-hybridized carbons (Fsp3) is 1.00. The van der Waals surface area contributed by atoms with Gasteiger partial charge >= 0.3 is 7.32 Å². The van der Waals surface area contributed by atoms with E-state index in [2.05, 4.69) is 102 Å². The van der Waals surface area contributed by atoms with Crippen molar-refractivity contribution in [3.63, 3.8) is 0 Å². The van der Waals surface area contributed by atoms with Crippen LogP contribution in [0.2, 0.25) is 54.4 Å². The summed E-state index contributed by atoms with van der Waals surface area (Å²) in [4.78, 5) is 0. The Morgan fingerprint density at radius 3 is 0.720 bits per heavy atom. The lowest BCUT2D eigenvalue weighted by Crippen LogP contribution is -2.57. The fourth-order valence-corrected chi connectivity index (χ4v) is 4.41. The zero-order valence-electron chi connectivity index (χ0n) is 19.8. The predicted molar refractivity (Wildman–Crippen MR) is 121 cm³/mol. The standard InChI is InChI=1S/C18H45BO3Si3/c1-16(2,3)23(10,11)20-19(21-24(12,13)17(4,5)6)22-25(14,15)18(7,8)9/h1-15H3. The first-order valence-corrected chi connectivity index (χ1v) is 18.3. The Morgan fingerprint density at radius 1 is 0.440 bits per heavy atom. The molecule has 0 aliphatic rings. The highest BCUT2D eigenvalue weighted by molar-refractivity contribution is 6.86. The summed E-state index contributed by atoms with van der Waals surface area (Å²) in [7, 11) is -6.53. The van der Waals surface area contributed by atoms with Crippen LogP contribution in [0.4, 0.5) is 0 Å². The first-order chi connectivity index (χ1) is 10.5. The van der Waals surface area contributed by atoms with E-state index >= 15 is 0 Å². The maximum Gasteiger partial charge on any atom is 0.606 e. The molecule has 0 rings (SSSR count). The van der Waals surface area contributed by atoms with Gasteiger partial charge in [-0.15, -0.1) is 0 Å². The molecule has 0 heterocycles. The number of rotatable bonds is 6. The molecule has 25 heavy (non-hydrogen) atoms. The van der Waals surface area contributed by atoms with E-state index in [-0.39, 0.29) is 15.1 Å². The van der Waals surface area contributed by atoms with Crippen LogP contribution in [0.25, 0.3) is 0 Å². The van der Waals surface area contributed by atoms with Crippen molar-refractivity contribution < 1.29 is 13.0 Å². The summed E-state index contributed by atoms with van der Waals surface area (Å²) < 4.78 is 19.9. The average Bonchev–Trinajstić information content (AvgIpc) is 2.21. The zero-order valence-corrected chi connectivity index (χ0v) is 22.8. The third-order valence-corrected chi connectivity index (χ3v) is 19.8. The van der Waals surface area contributed by atoms with Gasteiger partial charge in [0.15, 0.2) is 25.0 Å². The monoisotopic (exact) mass is 404 g/mol. The molecular weight excluding hydrogens is 359 g/mol. The van der Waals surface area contributed by atoms with Gasteiger partial charge in [0, 0.05) is 0 Å². The Balaban J connectivity index is 5.70. The lowest BCUT2D eigenvalue weighted by molar-refractivity contribution is 0.272. The second kappa shape index (κ2) is 7.55. The van der Waals surface area contributed by atoms with Crippen LogP contribution >= 0.6 is 0 Å². The van der Waals surface area contributed by atoms with Gasteiger partial charge in [-0.3, -0.25) is 0 Å². The van der Waals surface area contributed by atoms with Crippen LogP contribution in [-0.2, 0) is 13.0 Å². The van der Waals surface area contributed by atoms with E-state index < -0.39 is 32.3 Å². The molecule has 0 aromatic carbocycles. The summed E-state index contributed by atoms with van der Waals surface area (Å²) in [6.07, 6.45) is 0. The van der Waals surface area contributed by atoms with Crippen LogP contribution in [0, 0.1) is 0 Å². The summed E-state index contributed by atoms with van der Waals surface area (Å²) in [5.74, 6) is 0. The quantitative estimate of drug-likeness (QED) is 0.444. The predicted octanol–water partition coefficient (Wildman–Crippen LogP) is 7.04. The van der Waals surface area contributed by atoms with Crippen LogP contribution in [-0.4, -0.2) is 32.3 Å². The number of hydrogen-bond acceptors (Lipinski definition) is 3. The van der Waals surface area contributed by atoms with E-state index in [0.29, 0.717) is 0 Å². The normalized spacial score (nSPS) is 15.5. The van der Waals surface area contributed by atoms with Gasteiger partial charge in [-0.25, -0.2) is 0 Å². The van der Waals surface area contributed by atoms with Gasteiger partial charge in [-0.05, 0) is 54.4 Å². The molecule has 3 nitrogen and oxygen atoms in total. The first-order valence-electron chi connectivity index (χ1n) is 9.57. The van der Waals surface area contributed by atoms with Gasteiger partial charge in [0.1, 0.15) is 0 Å². The third kappa shape index (κ3) is 6.92. The van der Waals surface area contributed by atoms with E-state index in [1.807, 2.05) is 0 Å². The molecule has 0 unspecified atom stereocenters. The molecule has 0 aliphatic carbocycles. The molecule has 0 spiro atoms. The Morgan fingerprint density at radius 2 is 0.600 bits per heavy atom. The molecule has 0 aromatic rings. The van der Waals surface area contributed by atoms with Crippen molar-refractivity contribution in [3.8, 4) is 0 Å². The molecule has 0 amide bonds. The van der Waals surface area contributed by atoms with Gasteiger partial charge in [0.25, 0.3) is 0 Å². The van der Waals surface area contributed by atoms with E-state index in [9.17, 15) is 0 Å². The smallest absolute Gasteiger partial charge is 0.429 e. The van der Waals surface area contributed by atoms with Gasteiger partial charge in [0.05, 0.1) is 0 Å². The van der Waals surface area contributed by atoms with Crippen molar-refractivity contribution in [1.82, 2.24) is 0 Å². The fourth-order valence-electron chi connectivity index (χ4n) is 1.32. The van der Waals surface area contributed by atoms with Crippen molar-refractivity contribution >= 4 is 32.3 Å². The molecule has 0 aromatic heterocycles. The summed E-state index contributed by atoms with van der Waals surface area (Å²) >= 11 is 0. The highest BCUT2D eigenvalue weighted by Crippen LogP contribution is 2.42. The SMILES string of the molecule is CC(C)(C)[Si](C)(C)OB(O[Si](C)(C)C(C)(C)C)O[Si](C)(C)C(C)(C)C. The Bertz CT molecular complexity index is 377. The lowest BCUT2D eigenvalue weighted by atomic mass is 10.2. The maximum atomic E-state index is 6.63. The van der Waals surface area contributed by atoms with Crippen molar-refractivity contribution in [1.29, 1.82) is 0 Å². The van der Waals surface area contributed by atoms with Crippen LogP contribution < -0.4 is 0 Å². The summed E-state index contributed by atoms with van der Waals surface area (Å²) in [5, 5.41) is 0.372. The number of hydrogen-bond donors (Lipinski definition) is 0. The minimum Gasteiger partial charge on any atom is -0.429 e. The zero-order chi connectivity index (χ0) is 20.7. The minimum atomic E-state index is -1.99. The van der Waals surface area contributed by atoms with Crippen molar-refractivity contribution in [2.45, 2.75) is 117 Å². The molecule has 7 heteroatoms. The van der Waals surface area contributed by atoms with E-state index in [4.69, 9.17) is 13.0 Å². The Hall–Kier alpha value is 0.596. The highest BCUT2D eigenvalue weighted by Gasteiger charge is 2.50. The molecule has 0 saturated heterocycles. The largest absolute Gasteiger partial charge is 0.606 e. The second-order valence-electron chi connectivity index (χ2n) is 11.9. The maximum absolute atomic E-state index is 6.63. The summed E-state index contributed by atoms with van der Waals surface area (Å²) in [6.45, 7) is 33.9. The molecule has 0 bridgehead atoms. The van der Waals surface area contributed by atoms with E-state index in [1.165, 1.54) is 0 Å². The molecule has 0 radical (unpaired) electrons. The molecule has 0 aliphatic heterocycles. The van der Waals surface area contributed by atoms with Crippen LogP contribution in [0.3, 0.4) is 0 Å². The minimum absolute atomic E-state index is 0.124. The first kappa shape index (κ1) is 25.6. The molecular formula is C18H45BO3Si3. The van der Waals surface area contributed by atoms with Crippen molar-refractivity contribution in [3.05, 3.63) is 0 Å². The lowest BCUT2D eigenvalue weighted by Gasteiger charge is -2.45. The summed E-state index contributed by atoms with van der Waals surface area (Å²) in [6, 6.07) is 0. The van der Waals surface area contributed by atoms with Gasteiger partial charge in [-0.1, -0.05) is 62.3 Å². The Labute approximate surface area is 162 Å². The average molecular weight is 405 g/mol. The van der Waals surface area contributed by atoms with Crippen molar-refractivity contribution in [2.75, 3.05) is 0 Å². The van der Waals surface area contributed by atoms with Crippen molar-refractivity contribution in [2.24, 2.45) is 0 Å². The van der Waals surface area contributed by atoms with Gasteiger partial charge < -0.3 is 13.0 Å². The molecule has 0 saturated carbocycles. The topological polar surface area (TPSA) is 27.7 Å². The van der Waals surface area contributed by atoms with Crippen LogP contribution in [0.5, 0.6) is 0 Å². The van der Waals surface area contributed by atoms with Crippen LogP contribution in [0.1, 0.15) is 62.3 Å². The molecule has 0 N–H and O–H groups in total. The third-order valence-electron chi connectivity index (χ3n) is 6.59. The molecule has 150 valence electrons. The molecule has 0 fully saturated rings. The van der Waals surface area contributed by atoms with E-state index in [0.717, 1.165) is 0 Å². The van der Waals surface area contributed by atoms with Crippen LogP contribution in [0.15, 0.2) is 0 Å². The summed E-state index contributed by atoms with van der Waals surface area (Å²) in [5.41, 5.74) is 0. The van der Waals surface area contributed by atoms with Gasteiger partial charge in [0.2, 0.25) is 0 Å². The Kier molecular flexibility index (Phi) is 7.73. The van der Waals surface area contributed by atoms with Gasteiger partial charge in [-0.2, -0.15) is 0 Å².